The van der Waals surface area contributed by atoms with Crippen molar-refractivity contribution in [3.63, 3.8) is 0 Å². The van der Waals surface area contributed by atoms with E-state index in [0.29, 0.717) is 42.6 Å². The summed E-state index contributed by atoms with van der Waals surface area (Å²) in [5, 5.41) is 12.3. The minimum atomic E-state index is -0.697. The number of hydrogen-bond donors (Lipinski definition) is 1. The number of aliphatic hydroxyl groups is 1. The van der Waals surface area contributed by atoms with Gasteiger partial charge in [-0.05, 0) is 37.3 Å². The summed E-state index contributed by atoms with van der Waals surface area (Å²) in [5.41, 5.74) is 0.959. The van der Waals surface area contributed by atoms with Crippen LogP contribution >= 0.6 is 11.6 Å². The monoisotopic (exact) mass is 375 g/mol. The van der Waals surface area contributed by atoms with E-state index in [9.17, 15) is 9.90 Å². The SMILES string of the molecule is C[C@@H]1CCC[C@](O)(CCC(=O)c2cn(C3COC3)c3cccc(Cl)c23)C1. The van der Waals surface area contributed by atoms with E-state index in [1.165, 1.54) is 6.42 Å². The zero-order valence-electron chi connectivity index (χ0n) is 15.2. The Morgan fingerprint density at radius 1 is 1.42 bits per heavy atom. The minimum absolute atomic E-state index is 0.0637. The molecule has 0 spiro atoms. The van der Waals surface area contributed by atoms with Crippen molar-refractivity contribution in [2.24, 2.45) is 5.92 Å². The van der Waals surface area contributed by atoms with Gasteiger partial charge in [0.2, 0.25) is 0 Å². The second-order valence-electron chi connectivity index (χ2n) is 8.12. The van der Waals surface area contributed by atoms with Crippen LogP contribution in [0.4, 0.5) is 0 Å². The van der Waals surface area contributed by atoms with Gasteiger partial charge in [-0.15, -0.1) is 0 Å². The fraction of sp³-hybridized carbons (Fsp3) is 0.571. The number of carbonyl (C=O) groups is 1. The third-order valence-corrected chi connectivity index (χ3v) is 6.32. The smallest absolute Gasteiger partial charge is 0.165 e. The van der Waals surface area contributed by atoms with Crippen LogP contribution in [0.1, 0.15) is 61.8 Å². The number of nitrogens with zero attached hydrogens (tertiary/aromatic N) is 1. The van der Waals surface area contributed by atoms with Gasteiger partial charge in [-0.2, -0.15) is 0 Å². The van der Waals surface area contributed by atoms with Gasteiger partial charge in [0, 0.05) is 23.6 Å². The summed E-state index contributed by atoms with van der Waals surface area (Å²) in [4.78, 5) is 13.0. The number of Topliss-reactive ketones (excluding diaryl/α,β-unsaturated/α-hetero) is 1. The first-order valence-corrected chi connectivity index (χ1v) is 9.97. The Morgan fingerprint density at radius 3 is 2.92 bits per heavy atom. The fourth-order valence-corrected chi connectivity index (χ4v) is 4.78. The Balaban J connectivity index is 1.58. The molecule has 26 heavy (non-hydrogen) atoms. The zero-order valence-corrected chi connectivity index (χ0v) is 16.0. The summed E-state index contributed by atoms with van der Waals surface area (Å²) in [7, 11) is 0. The molecule has 0 radical (unpaired) electrons. The van der Waals surface area contributed by atoms with Crippen LogP contribution in [0.25, 0.3) is 10.9 Å². The Labute approximate surface area is 159 Å². The van der Waals surface area contributed by atoms with Crippen LogP contribution in [0, 0.1) is 5.92 Å². The second-order valence-corrected chi connectivity index (χ2v) is 8.53. The molecule has 2 atom stereocenters. The first kappa shape index (κ1) is 18.0. The third kappa shape index (κ3) is 3.30. The van der Waals surface area contributed by atoms with Gasteiger partial charge in [-0.3, -0.25) is 4.79 Å². The van der Waals surface area contributed by atoms with Gasteiger partial charge < -0.3 is 14.4 Å². The van der Waals surface area contributed by atoms with Gasteiger partial charge >= 0.3 is 0 Å². The van der Waals surface area contributed by atoms with Crippen LogP contribution in [0.15, 0.2) is 24.4 Å². The lowest BCUT2D eigenvalue weighted by atomic mass is 9.76. The molecule has 1 N–H and O–H groups in total. The van der Waals surface area contributed by atoms with E-state index in [1.54, 1.807) is 0 Å². The maximum Gasteiger partial charge on any atom is 0.165 e. The van der Waals surface area contributed by atoms with Crippen molar-refractivity contribution in [2.75, 3.05) is 13.2 Å². The Hall–Kier alpha value is -1.36. The standard InChI is InChI=1S/C21H26ClNO3/c1-14-4-3-8-21(25,10-14)9-7-19(24)16-11-23(15-12-26-13-15)18-6-2-5-17(22)20(16)18/h2,5-6,11,14-15,25H,3-4,7-10,12-13H2,1H3/t14-,21+/m1/s1. The molecule has 1 aromatic heterocycles. The summed E-state index contributed by atoms with van der Waals surface area (Å²) >= 11 is 6.43. The molecule has 1 saturated carbocycles. The van der Waals surface area contributed by atoms with Crippen molar-refractivity contribution in [3.8, 4) is 0 Å². The molecule has 4 rings (SSSR count). The van der Waals surface area contributed by atoms with Crippen LogP contribution in [-0.4, -0.2) is 34.3 Å². The third-order valence-electron chi connectivity index (χ3n) is 6.01. The molecule has 2 fully saturated rings. The average molecular weight is 376 g/mol. The molecule has 1 aliphatic carbocycles. The van der Waals surface area contributed by atoms with Crippen molar-refractivity contribution in [2.45, 2.75) is 57.1 Å². The van der Waals surface area contributed by atoms with Gasteiger partial charge in [0.25, 0.3) is 0 Å². The van der Waals surface area contributed by atoms with E-state index in [4.69, 9.17) is 16.3 Å². The lowest BCUT2D eigenvalue weighted by molar-refractivity contribution is -0.0215. The zero-order chi connectivity index (χ0) is 18.3. The maximum absolute atomic E-state index is 13.0. The number of carbonyl (C=O) groups excluding carboxylic acids is 1. The highest BCUT2D eigenvalue weighted by Crippen LogP contribution is 2.37. The molecule has 0 amide bonds. The molecule has 1 aromatic carbocycles. The van der Waals surface area contributed by atoms with Gasteiger partial charge in [0.1, 0.15) is 0 Å². The van der Waals surface area contributed by atoms with Gasteiger partial charge in [-0.1, -0.05) is 37.4 Å². The van der Waals surface area contributed by atoms with E-state index in [2.05, 4.69) is 11.5 Å². The Morgan fingerprint density at radius 2 is 2.23 bits per heavy atom. The molecular formula is C21H26ClNO3. The topological polar surface area (TPSA) is 51.5 Å². The number of hydrogen-bond acceptors (Lipinski definition) is 3. The van der Waals surface area contributed by atoms with Crippen molar-refractivity contribution in [3.05, 3.63) is 35.0 Å². The molecule has 1 saturated heterocycles. The van der Waals surface area contributed by atoms with Crippen LogP contribution in [0.3, 0.4) is 0 Å². The summed E-state index contributed by atoms with van der Waals surface area (Å²) in [6.07, 6.45) is 6.62. The number of halogens is 1. The highest BCUT2D eigenvalue weighted by Gasteiger charge is 2.33. The number of aromatic nitrogens is 1. The molecule has 2 heterocycles. The first-order chi connectivity index (χ1) is 12.5. The van der Waals surface area contributed by atoms with Crippen LogP contribution in [0.5, 0.6) is 0 Å². The molecule has 5 heteroatoms. The number of benzene rings is 1. The lowest BCUT2D eigenvalue weighted by Gasteiger charge is -2.35. The Kier molecular flexibility index (Phi) is 4.84. The highest BCUT2D eigenvalue weighted by atomic mass is 35.5. The van der Waals surface area contributed by atoms with Crippen molar-refractivity contribution in [1.29, 1.82) is 0 Å². The number of fused-ring (bicyclic) bond motifs is 1. The molecule has 1 aliphatic heterocycles. The largest absolute Gasteiger partial charge is 0.390 e. The van der Waals surface area contributed by atoms with Crippen LogP contribution < -0.4 is 0 Å². The molecular weight excluding hydrogens is 350 g/mol. The van der Waals surface area contributed by atoms with E-state index >= 15 is 0 Å². The second kappa shape index (κ2) is 6.99. The van der Waals surface area contributed by atoms with Crippen molar-refractivity contribution >= 4 is 28.3 Å². The number of rotatable bonds is 5. The van der Waals surface area contributed by atoms with E-state index < -0.39 is 5.60 Å². The van der Waals surface area contributed by atoms with Gasteiger partial charge in [0.05, 0.1) is 35.4 Å². The van der Waals surface area contributed by atoms with Gasteiger partial charge in [0.15, 0.2) is 5.78 Å². The van der Waals surface area contributed by atoms with Crippen molar-refractivity contribution in [1.82, 2.24) is 4.57 Å². The quantitative estimate of drug-likeness (QED) is 0.766. The highest BCUT2D eigenvalue weighted by molar-refractivity contribution is 6.37. The summed E-state index contributed by atoms with van der Waals surface area (Å²) in [6.45, 7) is 3.52. The molecule has 4 nitrogen and oxygen atoms in total. The summed E-state index contributed by atoms with van der Waals surface area (Å²) in [5.74, 6) is 0.590. The molecule has 2 aliphatic rings. The van der Waals surface area contributed by atoms with E-state index in [0.717, 1.165) is 30.2 Å². The molecule has 0 unspecified atom stereocenters. The predicted molar refractivity (Wildman–Crippen MR) is 103 cm³/mol. The molecule has 140 valence electrons. The normalized spacial score (nSPS) is 26.8. The predicted octanol–water partition coefficient (Wildman–Crippen LogP) is 4.77. The summed E-state index contributed by atoms with van der Waals surface area (Å²) < 4.78 is 7.44. The van der Waals surface area contributed by atoms with Gasteiger partial charge in [-0.25, -0.2) is 0 Å². The average Bonchev–Trinajstić information content (AvgIpc) is 2.92. The van der Waals surface area contributed by atoms with E-state index in [-0.39, 0.29) is 11.8 Å². The molecule has 2 aromatic rings. The van der Waals surface area contributed by atoms with Crippen LogP contribution in [0.2, 0.25) is 5.02 Å². The van der Waals surface area contributed by atoms with Crippen LogP contribution in [-0.2, 0) is 4.74 Å². The lowest BCUT2D eigenvalue weighted by Crippen LogP contribution is -2.35. The maximum atomic E-state index is 13.0. The number of ketones is 1. The van der Waals surface area contributed by atoms with Crippen molar-refractivity contribution < 1.29 is 14.6 Å². The molecule has 0 bridgehead atoms. The Bertz CT molecular complexity index is 826. The first-order valence-electron chi connectivity index (χ1n) is 9.59. The number of ether oxygens (including phenoxy) is 1. The summed E-state index contributed by atoms with van der Waals surface area (Å²) in [6, 6.07) is 6.02. The minimum Gasteiger partial charge on any atom is -0.390 e. The fourth-order valence-electron chi connectivity index (χ4n) is 4.51. The van der Waals surface area contributed by atoms with E-state index in [1.807, 2.05) is 24.4 Å².